The maximum atomic E-state index is 3.14. The van der Waals surface area contributed by atoms with Crippen molar-refractivity contribution in [1.82, 2.24) is 0 Å². The zero-order valence-electron chi connectivity index (χ0n) is 2.21. The van der Waals surface area contributed by atoms with Gasteiger partial charge in [-0.2, -0.15) is 0 Å². The van der Waals surface area contributed by atoms with E-state index in [0.29, 0.717) is 0 Å². The summed E-state index contributed by atoms with van der Waals surface area (Å²) in [5, 5.41) is 0. The lowest BCUT2D eigenvalue weighted by Gasteiger charge is -1.66. The van der Waals surface area contributed by atoms with Crippen LogP contribution < -0.4 is 0 Å². The molecule has 0 aromatic carbocycles. The average molecular weight is 312 g/mol. The maximum absolute atomic E-state index is 3.14. The molecule has 0 heterocycles. The third kappa shape index (κ3) is 5.43. The second kappa shape index (κ2) is 3.61. The smallest absolute Gasteiger partial charge is 0.0512 e. The molecule has 0 aliphatic heterocycles. The summed E-state index contributed by atoms with van der Waals surface area (Å²) < 4.78 is 2.88. The van der Waals surface area contributed by atoms with E-state index in [9.17, 15) is 0 Å². The van der Waals surface area contributed by atoms with E-state index in [0.717, 1.165) is 3.39 Å². The van der Waals surface area contributed by atoms with Crippen LogP contribution in [0.3, 0.4) is 0 Å². The highest BCUT2D eigenvalue weighted by molar-refractivity contribution is 14.1. The van der Waals surface area contributed by atoms with E-state index >= 15 is 0 Å². The molecule has 0 saturated carbocycles. The molecule has 0 saturated heterocycles. The Morgan fingerprint density at radius 1 is 1.60 bits per heavy atom. The van der Waals surface area contributed by atoms with E-state index < -0.39 is 0 Å². The average Bonchev–Trinajstić information content (AvgIpc) is 1.38. The molecule has 30 valence electrons. The lowest BCUT2D eigenvalue weighted by Crippen LogP contribution is -1.29. The summed E-state index contributed by atoms with van der Waals surface area (Å²) in [6.45, 7) is 0. The van der Waals surface area contributed by atoms with Gasteiger partial charge in [-0.15, -0.1) is 0 Å². The fourth-order valence-corrected chi connectivity index (χ4v) is 0. The first-order chi connectivity index (χ1) is 2.27. The third-order valence-electron chi connectivity index (χ3n) is 0.0825. The highest BCUT2D eigenvalue weighted by Crippen LogP contribution is 2.14. The molecule has 0 fully saturated rings. The predicted molar refractivity (Wildman–Crippen MR) is 40.0 cm³/mol. The Morgan fingerprint density at radius 2 is 1.80 bits per heavy atom. The molecule has 0 atom stereocenters. The van der Waals surface area contributed by atoms with Gasteiger partial charge in [0.25, 0.3) is 0 Å². The van der Waals surface area contributed by atoms with Crippen LogP contribution in [0.4, 0.5) is 0 Å². The second-order valence-electron chi connectivity index (χ2n) is 0.399. The van der Waals surface area contributed by atoms with Gasteiger partial charge in [-0.1, -0.05) is 22.6 Å². The van der Waals surface area contributed by atoms with Crippen molar-refractivity contribution in [3.63, 3.8) is 0 Å². The van der Waals surface area contributed by atoms with Crippen LogP contribution in [-0.2, 0) is 0 Å². The highest BCUT2D eigenvalue weighted by Gasteiger charge is 1.68. The fraction of sp³-hybridized carbons (Fsp3) is 0. The predicted octanol–water partition coefficient (Wildman–Crippen LogP) is 3.01. The molecule has 0 N–H and O–H groups in total. The lowest BCUT2D eigenvalue weighted by molar-refractivity contribution is 2.60. The van der Waals surface area contributed by atoms with Crippen LogP contribution in [0.15, 0.2) is 7.47 Å². The molecule has 0 rings (SSSR count). The van der Waals surface area contributed by atoms with Gasteiger partial charge in [-0.3, -0.25) is 0 Å². The van der Waals surface area contributed by atoms with Gasteiger partial charge < -0.3 is 0 Å². The van der Waals surface area contributed by atoms with Gasteiger partial charge in [0.15, 0.2) is 0 Å². The summed E-state index contributed by atoms with van der Waals surface area (Å²) in [5.74, 6) is 0. The van der Waals surface area contributed by atoms with Crippen LogP contribution in [-0.4, -0.2) is 0 Å². The van der Waals surface area contributed by atoms with Gasteiger partial charge in [0.1, 0.15) is 0 Å². The van der Waals surface area contributed by atoms with Crippen molar-refractivity contribution in [3.8, 4) is 0 Å². The molecule has 0 nitrogen and oxygen atoms in total. The monoisotopic (exact) mass is 310 g/mol. The minimum absolute atomic E-state index is 0.991. The molecule has 0 unspecified atom stereocenters. The summed E-state index contributed by atoms with van der Waals surface area (Å²) in [6.07, 6.45) is 0. The van der Waals surface area contributed by atoms with Crippen molar-refractivity contribution in [1.29, 1.82) is 0 Å². The molecule has 0 spiro atoms. The van der Waals surface area contributed by atoms with Crippen molar-refractivity contribution in [3.05, 3.63) is 7.47 Å². The maximum Gasteiger partial charge on any atom is 0.0664 e. The van der Waals surface area contributed by atoms with Crippen LogP contribution in [0, 0.1) is 0 Å². The normalized spacial score (nSPS) is 7.00. The van der Waals surface area contributed by atoms with E-state index in [-0.39, 0.29) is 0 Å². The minimum atomic E-state index is 0.991. The fourth-order valence-electron chi connectivity index (χ4n) is 0. The van der Waals surface area contributed by atoms with Gasteiger partial charge in [0, 0.05) is 0 Å². The van der Waals surface area contributed by atoms with E-state index in [1.54, 1.807) is 0 Å². The minimum Gasteiger partial charge on any atom is -0.0512 e. The summed E-state index contributed by atoms with van der Waals surface area (Å²) in [4.78, 5) is 0. The Bertz CT molecular complexity index is 45.6. The molecule has 0 aliphatic carbocycles. The Hall–Kier alpha value is 1.43. The molecule has 5 heavy (non-hydrogen) atoms. The zero-order valence-corrected chi connectivity index (χ0v) is 7.54. The Morgan fingerprint density at radius 3 is 1.80 bits per heavy atom. The molecule has 0 radical (unpaired) electrons. The largest absolute Gasteiger partial charge is 0.0664 e. The second-order valence-corrected chi connectivity index (χ2v) is 3.79. The first kappa shape index (κ1) is 6.43. The molecular weight excluding hydrogens is 311 g/mol. The van der Waals surface area contributed by atoms with Crippen LogP contribution >= 0.6 is 54.5 Å². The van der Waals surface area contributed by atoms with E-state index in [1.165, 1.54) is 0 Å². The van der Waals surface area contributed by atoms with Crippen molar-refractivity contribution in [2.75, 3.05) is 0 Å². The van der Waals surface area contributed by atoms with E-state index in [4.69, 9.17) is 0 Å². The number of rotatable bonds is 0. The van der Waals surface area contributed by atoms with Crippen molar-refractivity contribution in [2.45, 2.75) is 0 Å². The van der Waals surface area contributed by atoms with Crippen LogP contribution in [0.25, 0.3) is 0 Å². The number of hydrogen-bond donors (Lipinski definition) is 0. The van der Waals surface area contributed by atoms with Gasteiger partial charge in [-0.25, -0.2) is 0 Å². The van der Waals surface area contributed by atoms with Gasteiger partial charge in [0.2, 0.25) is 0 Å². The summed E-state index contributed by atoms with van der Waals surface area (Å²) >= 11 is 8.41. The van der Waals surface area contributed by atoms with Crippen LogP contribution in [0.5, 0.6) is 0 Å². The molecular formula is C2HBr2I. The van der Waals surface area contributed by atoms with Crippen molar-refractivity contribution >= 4 is 54.5 Å². The molecule has 0 aromatic rings. The summed E-state index contributed by atoms with van der Waals surface area (Å²) in [7, 11) is 0. The van der Waals surface area contributed by atoms with Crippen molar-refractivity contribution < 1.29 is 0 Å². The molecule has 0 aromatic heterocycles. The van der Waals surface area contributed by atoms with Gasteiger partial charge in [0.05, 0.1) is 3.39 Å². The highest BCUT2D eigenvalue weighted by atomic mass is 127. The van der Waals surface area contributed by atoms with E-state index in [1.807, 2.05) is 4.08 Å². The summed E-state index contributed by atoms with van der Waals surface area (Å²) in [5.41, 5.74) is 0. The van der Waals surface area contributed by atoms with Crippen LogP contribution in [0.2, 0.25) is 0 Å². The van der Waals surface area contributed by atoms with Crippen LogP contribution in [0.1, 0.15) is 0 Å². The topological polar surface area (TPSA) is 0 Å². The number of hydrogen-bond acceptors (Lipinski definition) is 0. The first-order valence-corrected chi connectivity index (χ1v) is 3.72. The standard InChI is InChI=1S/C2HBr2I/c3-2(4)1-5/h1H. The Labute approximate surface area is 61.4 Å². The molecule has 0 amide bonds. The quantitative estimate of drug-likeness (QED) is 0.603. The SMILES string of the molecule is BrC(Br)=CI. The van der Waals surface area contributed by atoms with Gasteiger partial charge in [-0.05, 0) is 35.9 Å². The lowest BCUT2D eigenvalue weighted by atomic mass is 11.3. The first-order valence-electron chi connectivity index (χ1n) is 0.885. The number of halogens is 3. The molecule has 3 heteroatoms. The van der Waals surface area contributed by atoms with E-state index in [2.05, 4.69) is 54.5 Å². The third-order valence-corrected chi connectivity index (χ3v) is 2.87. The Kier molecular flexibility index (Phi) is 4.65. The zero-order chi connectivity index (χ0) is 4.28. The molecule has 0 aliphatic rings. The van der Waals surface area contributed by atoms with Gasteiger partial charge >= 0.3 is 0 Å². The Balaban J connectivity index is 3.14. The van der Waals surface area contributed by atoms with Crippen molar-refractivity contribution in [2.24, 2.45) is 0 Å². The summed E-state index contributed by atoms with van der Waals surface area (Å²) in [6, 6.07) is 0. The molecule has 0 bridgehead atoms.